The number of nitrogens with zero attached hydrogens (tertiary/aromatic N) is 4. The summed E-state index contributed by atoms with van der Waals surface area (Å²) in [7, 11) is 0. The lowest BCUT2D eigenvalue weighted by atomic mass is 10.2. The van der Waals surface area contributed by atoms with Crippen LogP contribution in [0.25, 0.3) is 16.8 Å². The molecule has 0 saturated heterocycles. The van der Waals surface area contributed by atoms with Crippen LogP contribution in [0.15, 0.2) is 52.3 Å². The Morgan fingerprint density at radius 2 is 2.11 bits per heavy atom. The molecule has 2 aromatic heterocycles. The molecular weight excluding hydrogens is 398 g/mol. The number of aromatic nitrogens is 4. The van der Waals surface area contributed by atoms with Gasteiger partial charge in [-0.3, -0.25) is 9.36 Å². The van der Waals surface area contributed by atoms with Crippen LogP contribution in [0.5, 0.6) is 0 Å². The molecule has 2 aromatic carbocycles. The highest BCUT2D eigenvalue weighted by atomic mass is 35.5. The number of carbonyl (C=O) groups excluding carboxylic acids is 1. The van der Waals surface area contributed by atoms with Gasteiger partial charge in [-0.05, 0) is 42.8 Å². The fourth-order valence-corrected chi connectivity index (χ4v) is 3.58. The Bertz CT molecular complexity index is 1170. The second-order valence-electron chi connectivity index (χ2n) is 6.17. The van der Waals surface area contributed by atoms with Crippen LogP contribution in [0.1, 0.15) is 11.5 Å². The van der Waals surface area contributed by atoms with Crippen molar-refractivity contribution in [3.05, 3.63) is 59.2 Å². The smallest absolute Gasteiger partial charge is 0.234 e. The summed E-state index contributed by atoms with van der Waals surface area (Å²) in [5, 5.41) is 12.2. The molecule has 0 fully saturated rings. The fraction of sp³-hybridized carbons (Fsp3) is 0.158. The third-order valence-corrected chi connectivity index (χ3v) is 5.41. The maximum atomic E-state index is 12.3. The number of carbonyl (C=O) groups is 1. The minimum atomic E-state index is -0.152. The first kappa shape index (κ1) is 18.5. The van der Waals surface area contributed by atoms with Gasteiger partial charge in [-0.25, -0.2) is 4.98 Å². The molecule has 4 rings (SSSR count). The maximum Gasteiger partial charge on any atom is 0.234 e. The van der Waals surface area contributed by atoms with Gasteiger partial charge in [0.25, 0.3) is 0 Å². The molecule has 1 N–H and O–H groups in total. The Kier molecular flexibility index (Phi) is 5.06. The van der Waals surface area contributed by atoms with Crippen molar-refractivity contribution >= 4 is 46.1 Å². The minimum absolute atomic E-state index is 0.152. The molecule has 0 bridgehead atoms. The number of aryl methyl sites for hydroxylation is 2. The highest BCUT2D eigenvalue weighted by Gasteiger charge is 2.12. The summed E-state index contributed by atoms with van der Waals surface area (Å²) < 4.78 is 7.24. The van der Waals surface area contributed by atoms with E-state index in [1.54, 1.807) is 36.0 Å². The lowest BCUT2D eigenvalue weighted by Gasteiger charge is -2.08. The summed E-state index contributed by atoms with van der Waals surface area (Å²) in [5.41, 5.74) is 3.90. The average Bonchev–Trinajstić information content (AvgIpc) is 3.27. The third kappa shape index (κ3) is 3.88. The molecule has 1 amide bonds. The van der Waals surface area contributed by atoms with Gasteiger partial charge < -0.3 is 9.73 Å². The molecule has 0 aliphatic carbocycles. The monoisotopic (exact) mass is 413 g/mol. The first-order chi connectivity index (χ1) is 13.5. The number of hydrogen-bond acceptors (Lipinski definition) is 6. The first-order valence-electron chi connectivity index (χ1n) is 8.46. The van der Waals surface area contributed by atoms with Gasteiger partial charge in [-0.15, -0.1) is 10.2 Å². The van der Waals surface area contributed by atoms with E-state index in [4.69, 9.17) is 16.0 Å². The zero-order valence-corrected chi connectivity index (χ0v) is 16.7. The van der Waals surface area contributed by atoms with E-state index < -0.39 is 0 Å². The Hall–Kier alpha value is -2.84. The third-order valence-electron chi connectivity index (χ3n) is 4.06. The molecule has 0 radical (unpaired) electrons. The van der Waals surface area contributed by atoms with Crippen molar-refractivity contribution in [2.45, 2.75) is 19.0 Å². The topological polar surface area (TPSA) is 85.8 Å². The van der Waals surface area contributed by atoms with Gasteiger partial charge in [0, 0.05) is 17.6 Å². The number of rotatable bonds is 5. The van der Waals surface area contributed by atoms with Crippen molar-refractivity contribution in [3.63, 3.8) is 0 Å². The number of thioether (sulfide) groups is 1. The SMILES string of the molecule is Cc1nc2cc(NC(=O)CSc3nncn3-c3ccc(C)c(Cl)c3)ccc2o1. The molecular formula is C19H16ClN5O2S. The second kappa shape index (κ2) is 7.65. The normalized spacial score (nSPS) is 11.1. The molecule has 0 aliphatic heterocycles. The maximum absolute atomic E-state index is 12.3. The molecule has 4 aromatic rings. The van der Waals surface area contributed by atoms with E-state index in [0.717, 1.165) is 11.3 Å². The standard InChI is InChI=1S/C19H16ClN5O2S/c1-11-3-5-14(8-15(11)20)25-10-21-24-19(25)28-9-18(26)23-13-4-6-17-16(7-13)22-12(2)27-17/h3-8,10H,9H2,1-2H3,(H,23,26). The van der Waals surface area contributed by atoms with Crippen LogP contribution >= 0.6 is 23.4 Å². The van der Waals surface area contributed by atoms with Crippen molar-refractivity contribution in [1.82, 2.24) is 19.7 Å². The summed E-state index contributed by atoms with van der Waals surface area (Å²) in [6, 6.07) is 11.1. The van der Waals surface area contributed by atoms with Crippen molar-refractivity contribution in [2.75, 3.05) is 11.1 Å². The van der Waals surface area contributed by atoms with Crippen LogP contribution in [0, 0.1) is 13.8 Å². The number of oxazole rings is 1. The number of benzene rings is 2. The molecule has 142 valence electrons. The van der Waals surface area contributed by atoms with E-state index in [2.05, 4.69) is 20.5 Å². The van der Waals surface area contributed by atoms with Crippen LogP contribution in [-0.4, -0.2) is 31.4 Å². The predicted molar refractivity (Wildman–Crippen MR) is 109 cm³/mol. The molecule has 0 unspecified atom stereocenters. The van der Waals surface area contributed by atoms with E-state index in [1.165, 1.54) is 11.8 Å². The second-order valence-corrected chi connectivity index (χ2v) is 7.52. The molecule has 0 atom stereocenters. The lowest BCUT2D eigenvalue weighted by Crippen LogP contribution is -2.14. The van der Waals surface area contributed by atoms with Crippen molar-refractivity contribution in [1.29, 1.82) is 0 Å². The highest BCUT2D eigenvalue weighted by Crippen LogP contribution is 2.24. The van der Waals surface area contributed by atoms with E-state index in [0.29, 0.717) is 32.9 Å². The summed E-state index contributed by atoms with van der Waals surface area (Å²) in [4.78, 5) is 16.6. The largest absolute Gasteiger partial charge is 0.441 e. The van der Waals surface area contributed by atoms with Crippen LogP contribution in [0.2, 0.25) is 5.02 Å². The van der Waals surface area contributed by atoms with E-state index in [9.17, 15) is 4.79 Å². The fourth-order valence-electron chi connectivity index (χ4n) is 2.68. The number of anilines is 1. The van der Waals surface area contributed by atoms with E-state index in [-0.39, 0.29) is 11.7 Å². The number of hydrogen-bond donors (Lipinski definition) is 1. The van der Waals surface area contributed by atoms with Crippen LogP contribution in [0.3, 0.4) is 0 Å². The first-order valence-corrected chi connectivity index (χ1v) is 9.82. The molecule has 0 aliphatic rings. The van der Waals surface area contributed by atoms with Crippen molar-refractivity contribution < 1.29 is 9.21 Å². The van der Waals surface area contributed by atoms with Gasteiger partial charge in [0.05, 0.1) is 11.4 Å². The lowest BCUT2D eigenvalue weighted by molar-refractivity contribution is -0.113. The van der Waals surface area contributed by atoms with Crippen LogP contribution in [0.4, 0.5) is 5.69 Å². The number of amides is 1. The Morgan fingerprint density at radius 3 is 2.93 bits per heavy atom. The Balaban J connectivity index is 1.43. The molecule has 2 heterocycles. The molecule has 28 heavy (non-hydrogen) atoms. The van der Waals surface area contributed by atoms with Crippen molar-refractivity contribution in [2.24, 2.45) is 0 Å². The molecule has 9 heteroatoms. The summed E-state index contributed by atoms with van der Waals surface area (Å²) in [5.74, 6) is 0.624. The van der Waals surface area contributed by atoms with Gasteiger partial charge in [0.1, 0.15) is 11.8 Å². The highest BCUT2D eigenvalue weighted by molar-refractivity contribution is 7.99. The van der Waals surface area contributed by atoms with Crippen LogP contribution < -0.4 is 5.32 Å². The van der Waals surface area contributed by atoms with Gasteiger partial charge in [0.2, 0.25) is 5.91 Å². The molecule has 0 saturated carbocycles. The zero-order chi connectivity index (χ0) is 19.7. The Labute approximate surface area is 170 Å². The van der Waals surface area contributed by atoms with Gasteiger partial charge in [-0.2, -0.15) is 0 Å². The van der Waals surface area contributed by atoms with Gasteiger partial charge >= 0.3 is 0 Å². The van der Waals surface area contributed by atoms with Crippen molar-refractivity contribution in [3.8, 4) is 5.69 Å². The quantitative estimate of drug-likeness (QED) is 0.488. The minimum Gasteiger partial charge on any atom is -0.441 e. The molecule has 0 spiro atoms. The van der Waals surface area contributed by atoms with Crippen LogP contribution in [-0.2, 0) is 4.79 Å². The average molecular weight is 414 g/mol. The zero-order valence-electron chi connectivity index (χ0n) is 15.1. The number of nitrogens with one attached hydrogen (secondary N) is 1. The van der Waals surface area contributed by atoms with E-state index >= 15 is 0 Å². The predicted octanol–water partition coefficient (Wildman–Crippen LogP) is 4.41. The summed E-state index contributed by atoms with van der Waals surface area (Å²) in [6.07, 6.45) is 1.60. The molecule has 7 nitrogen and oxygen atoms in total. The van der Waals surface area contributed by atoms with Gasteiger partial charge in [-0.1, -0.05) is 29.4 Å². The van der Waals surface area contributed by atoms with E-state index in [1.807, 2.05) is 25.1 Å². The van der Waals surface area contributed by atoms with Gasteiger partial charge in [0.15, 0.2) is 16.6 Å². The summed E-state index contributed by atoms with van der Waals surface area (Å²) in [6.45, 7) is 3.72. The summed E-state index contributed by atoms with van der Waals surface area (Å²) >= 11 is 7.50. The Morgan fingerprint density at radius 1 is 1.25 bits per heavy atom. The number of halogens is 1. The number of fused-ring (bicyclic) bond motifs is 1.